The first-order valence-corrected chi connectivity index (χ1v) is 9.70. The van der Waals surface area contributed by atoms with Crippen molar-refractivity contribution >= 4 is 12.1 Å². The minimum absolute atomic E-state index is 0.194. The fourth-order valence-electron chi connectivity index (χ4n) is 3.07. The van der Waals surface area contributed by atoms with E-state index in [1.807, 2.05) is 30.3 Å². The lowest BCUT2D eigenvalue weighted by Gasteiger charge is -2.11. The molecule has 152 valence electrons. The summed E-state index contributed by atoms with van der Waals surface area (Å²) in [4.78, 5) is 12.3. The van der Waals surface area contributed by atoms with E-state index in [1.54, 1.807) is 18.3 Å². The number of hydrogen-bond donors (Lipinski definition) is 1. The minimum atomic E-state index is -0.400. The number of aromatic nitrogens is 1. The lowest BCUT2D eigenvalue weighted by atomic mass is 10.2. The zero-order valence-corrected chi connectivity index (χ0v) is 17.3. The normalized spacial score (nSPS) is 11.3. The molecule has 6 heteroatoms. The Labute approximate surface area is 171 Å². The molecule has 2 aromatic heterocycles. The standard InChI is InChI=1S/C23H27N3O3/c1-16(2)14-26-17(3)12-19(18(26)4)13-24-25-23(27)22-11-10-21(29-22)15-28-20-8-6-5-7-9-20/h5-13,16H,14-15H2,1-4H3,(H,25,27)/b24-13-. The number of aryl methyl sites for hydroxylation is 1. The molecule has 0 saturated carbocycles. The SMILES string of the molecule is Cc1cc(/C=N\NC(=O)c2ccc(COc3ccccc3)o2)c(C)n1CC(C)C. The summed E-state index contributed by atoms with van der Waals surface area (Å²) in [7, 11) is 0. The maximum Gasteiger partial charge on any atom is 0.307 e. The third-order valence-electron chi connectivity index (χ3n) is 4.54. The highest BCUT2D eigenvalue weighted by atomic mass is 16.5. The first kappa shape index (κ1) is 20.5. The molecule has 0 radical (unpaired) electrons. The van der Waals surface area contributed by atoms with E-state index in [9.17, 15) is 4.79 Å². The molecule has 1 N–H and O–H groups in total. The Bertz CT molecular complexity index is 984. The van der Waals surface area contributed by atoms with Crippen molar-refractivity contribution in [2.45, 2.75) is 40.8 Å². The predicted molar refractivity (Wildman–Crippen MR) is 113 cm³/mol. The predicted octanol–water partition coefficient (Wildman–Crippen LogP) is 4.70. The van der Waals surface area contributed by atoms with Gasteiger partial charge < -0.3 is 13.7 Å². The third-order valence-corrected chi connectivity index (χ3v) is 4.54. The second-order valence-corrected chi connectivity index (χ2v) is 7.40. The van der Waals surface area contributed by atoms with Crippen LogP contribution in [0.1, 0.15) is 47.1 Å². The van der Waals surface area contributed by atoms with Crippen molar-refractivity contribution < 1.29 is 13.9 Å². The Kier molecular flexibility index (Phi) is 6.54. The molecule has 0 bridgehead atoms. The topological polar surface area (TPSA) is 68.8 Å². The molecule has 3 rings (SSSR count). The zero-order valence-electron chi connectivity index (χ0n) is 17.3. The van der Waals surface area contributed by atoms with E-state index in [4.69, 9.17) is 9.15 Å². The van der Waals surface area contributed by atoms with E-state index in [-0.39, 0.29) is 12.4 Å². The maximum atomic E-state index is 12.3. The van der Waals surface area contributed by atoms with E-state index in [0.29, 0.717) is 11.7 Å². The molecule has 6 nitrogen and oxygen atoms in total. The van der Waals surface area contributed by atoms with Gasteiger partial charge in [0.05, 0.1) is 6.21 Å². The Morgan fingerprint density at radius 3 is 2.69 bits per heavy atom. The fraction of sp³-hybridized carbons (Fsp3) is 0.304. The zero-order chi connectivity index (χ0) is 20.8. The number of para-hydroxylation sites is 1. The maximum absolute atomic E-state index is 12.3. The number of benzene rings is 1. The van der Waals surface area contributed by atoms with Crippen LogP contribution in [0.3, 0.4) is 0 Å². The lowest BCUT2D eigenvalue weighted by molar-refractivity contribution is 0.0923. The van der Waals surface area contributed by atoms with E-state index in [2.05, 4.69) is 48.9 Å². The molecular formula is C23H27N3O3. The molecule has 29 heavy (non-hydrogen) atoms. The highest BCUT2D eigenvalue weighted by Gasteiger charge is 2.12. The van der Waals surface area contributed by atoms with Gasteiger partial charge in [0, 0.05) is 23.5 Å². The van der Waals surface area contributed by atoms with Crippen molar-refractivity contribution in [3.05, 3.63) is 77.0 Å². The van der Waals surface area contributed by atoms with E-state index in [1.165, 1.54) is 5.69 Å². The van der Waals surface area contributed by atoms with Gasteiger partial charge in [-0.1, -0.05) is 32.0 Å². The van der Waals surface area contributed by atoms with E-state index >= 15 is 0 Å². The molecule has 3 aromatic rings. The van der Waals surface area contributed by atoms with Crippen LogP contribution in [-0.4, -0.2) is 16.7 Å². The number of rotatable bonds is 8. The van der Waals surface area contributed by atoms with Gasteiger partial charge in [0.15, 0.2) is 5.76 Å². The molecule has 1 amide bonds. The average Bonchev–Trinajstić information content (AvgIpc) is 3.28. The van der Waals surface area contributed by atoms with Gasteiger partial charge in [-0.3, -0.25) is 4.79 Å². The summed E-state index contributed by atoms with van der Waals surface area (Å²) in [6, 6.07) is 14.9. The summed E-state index contributed by atoms with van der Waals surface area (Å²) in [5.74, 6) is 1.67. The smallest absolute Gasteiger partial charge is 0.307 e. The molecule has 0 atom stereocenters. The molecule has 0 aliphatic carbocycles. The number of furan rings is 1. The molecule has 0 fully saturated rings. The van der Waals surface area contributed by atoms with Gasteiger partial charge in [-0.25, -0.2) is 5.43 Å². The third kappa shape index (κ3) is 5.38. The number of hydrazone groups is 1. The second-order valence-electron chi connectivity index (χ2n) is 7.40. The van der Waals surface area contributed by atoms with Crippen LogP contribution in [0.4, 0.5) is 0 Å². The summed E-state index contributed by atoms with van der Waals surface area (Å²) in [5, 5.41) is 4.09. The van der Waals surface area contributed by atoms with Gasteiger partial charge >= 0.3 is 5.91 Å². The van der Waals surface area contributed by atoms with Crippen molar-refractivity contribution in [2.24, 2.45) is 11.0 Å². The number of nitrogens with one attached hydrogen (secondary N) is 1. The monoisotopic (exact) mass is 393 g/mol. The summed E-state index contributed by atoms with van der Waals surface area (Å²) in [6.07, 6.45) is 1.67. The molecule has 0 aliphatic heterocycles. The van der Waals surface area contributed by atoms with Crippen LogP contribution in [0.2, 0.25) is 0 Å². The van der Waals surface area contributed by atoms with Gasteiger partial charge in [-0.2, -0.15) is 5.10 Å². The summed E-state index contributed by atoms with van der Waals surface area (Å²) in [5.41, 5.74) is 5.81. The van der Waals surface area contributed by atoms with Crippen LogP contribution >= 0.6 is 0 Å². The number of carbonyl (C=O) groups is 1. The van der Waals surface area contributed by atoms with Gasteiger partial charge in [0.2, 0.25) is 0 Å². The van der Waals surface area contributed by atoms with Crippen molar-refractivity contribution in [3.63, 3.8) is 0 Å². The highest BCUT2D eigenvalue weighted by molar-refractivity contribution is 5.92. The first-order valence-electron chi connectivity index (χ1n) is 9.70. The Balaban J connectivity index is 1.56. The van der Waals surface area contributed by atoms with Gasteiger partial charge in [0.25, 0.3) is 0 Å². The molecule has 1 aromatic carbocycles. The molecule has 0 saturated heterocycles. The quantitative estimate of drug-likeness (QED) is 0.446. The summed E-state index contributed by atoms with van der Waals surface area (Å²) < 4.78 is 13.4. The van der Waals surface area contributed by atoms with E-state index in [0.717, 1.165) is 23.6 Å². The number of nitrogens with zero attached hydrogens (tertiary/aromatic N) is 2. The highest BCUT2D eigenvalue weighted by Crippen LogP contribution is 2.16. The summed E-state index contributed by atoms with van der Waals surface area (Å²) >= 11 is 0. The first-order chi connectivity index (χ1) is 13.9. The largest absolute Gasteiger partial charge is 0.486 e. The number of hydrogen-bond acceptors (Lipinski definition) is 4. The number of ether oxygens (including phenoxy) is 1. The van der Waals surface area contributed by atoms with Crippen LogP contribution in [0.5, 0.6) is 5.75 Å². The Morgan fingerprint density at radius 1 is 1.21 bits per heavy atom. The molecule has 0 spiro atoms. The van der Waals surface area contributed by atoms with Crippen LogP contribution in [0.15, 0.2) is 58.0 Å². The Morgan fingerprint density at radius 2 is 1.97 bits per heavy atom. The van der Waals surface area contributed by atoms with Crippen molar-refractivity contribution in [2.75, 3.05) is 0 Å². The Hall–Kier alpha value is -3.28. The van der Waals surface area contributed by atoms with Gasteiger partial charge in [0.1, 0.15) is 18.1 Å². The molecule has 0 unspecified atom stereocenters. The molecule has 0 aliphatic rings. The fourth-order valence-corrected chi connectivity index (χ4v) is 3.07. The van der Waals surface area contributed by atoms with Crippen molar-refractivity contribution in [3.8, 4) is 5.75 Å². The van der Waals surface area contributed by atoms with Crippen LogP contribution < -0.4 is 10.2 Å². The lowest BCUT2D eigenvalue weighted by Crippen LogP contribution is -2.17. The van der Waals surface area contributed by atoms with Crippen molar-refractivity contribution in [1.29, 1.82) is 0 Å². The van der Waals surface area contributed by atoms with Crippen LogP contribution in [0, 0.1) is 19.8 Å². The molecule has 2 heterocycles. The average molecular weight is 393 g/mol. The number of amides is 1. The molecular weight excluding hydrogens is 366 g/mol. The van der Waals surface area contributed by atoms with E-state index < -0.39 is 5.91 Å². The van der Waals surface area contributed by atoms with Crippen LogP contribution in [-0.2, 0) is 13.2 Å². The van der Waals surface area contributed by atoms with Crippen LogP contribution in [0.25, 0.3) is 0 Å². The van der Waals surface area contributed by atoms with Gasteiger partial charge in [-0.05, 0) is 50.1 Å². The number of carbonyl (C=O) groups excluding carboxylic acids is 1. The summed E-state index contributed by atoms with van der Waals surface area (Å²) in [6.45, 7) is 9.72. The minimum Gasteiger partial charge on any atom is -0.486 e. The van der Waals surface area contributed by atoms with Gasteiger partial charge in [-0.15, -0.1) is 0 Å². The van der Waals surface area contributed by atoms with Crippen molar-refractivity contribution in [1.82, 2.24) is 9.99 Å². The second kappa shape index (κ2) is 9.28.